The van der Waals surface area contributed by atoms with Gasteiger partial charge in [0.05, 0.1) is 11.6 Å². The average Bonchev–Trinajstić information content (AvgIpc) is 2.58. The van der Waals surface area contributed by atoms with E-state index in [-0.39, 0.29) is 17.8 Å². The van der Waals surface area contributed by atoms with Gasteiger partial charge in [-0.15, -0.1) is 0 Å². The second-order valence-corrected chi connectivity index (χ2v) is 7.16. The Morgan fingerprint density at radius 1 is 1.20 bits per heavy atom. The van der Waals surface area contributed by atoms with Crippen LogP contribution >= 0.6 is 0 Å². The molecule has 0 unspecified atom stereocenters. The zero-order valence-corrected chi connectivity index (χ0v) is 15.3. The predicted molar refractivity (Wildman–Crippen MR) is 98.0 cm³/mol. The second-order valence-electron chi connectivity index (χ2n) is 7.16. The first-order chi connectivity index (χ1) is 11.7. The van der Waals surface area contributed by atoms with Crippen LogP contribution in [0.4, 0.5) is 4.39 Å². The van der Waals surface area contributed by atoms with E-state index in [1.165, 1.54) is 12.1 Å². The minimum atomic E-state index is -0.728. The van der Waals surface area contributed by atoms with Crippen molar-refractivity contribution >= 4 is 5.91 Å². The normalized spacial score (nSPS) is 12.7. The molecule has 4 heteroatoms. The number of nitrogens with zero attached hydrogens (tertiary/aromatic N) is 1. The van der Waals surface area contributed by atoms with Crippen molar-refractivity contribution in [1.29, 1.82) is 0 Å². The van der Waals surface area contributed by atoms with Crippen LogP contribution in [0.25, 0.3) is 0 Å². The molecular formula is C21H26FNO2. The highest BCUT2D eigenvalue weighted by Crippen LogP contribution is 2.22. The molecule has 0 bridgehead atoms. The minimum Gasteiger partial charge on any atom is -0.390 e. The van der Waals surface area contributed by atoms with Crippen molar-refractivity contribution in [3.8, 4) is 0 Å². The van der Waals surface area contributed by atoms with E-state index in [1.54, 1.807) is 44.0 Å². The van der Waals surface area contributed by atoms with Gasteiger partial charge in [0, 0.05) is 12.6 Å². The monoisotopic (exact) mass is 343 g/mol. The molecule has 1 atom stereocenters. The largest absolute Gasteiger partial charge is 0.390 e. The van der Waals surface area contributed by atoms with Gasteiger partial charge < -0.3 is 10.0 Å². The maximum absolute atomic E-state index is 13.1. The topological polar surface area (TPSA) is 40.5 Å². The molecule has 2 aromatic carbocycles. The van der Waals surface area contributed by atoms with Crippen molar-refractivity contribution < 1.29 is 14.3 Å². The van der Waals surface area contributed by atoms with Crippen LogP contribution in [0.2, 0.25) is 0 Å². The van der Waals surface area contributed by atoms with Gasteiger partial charge in [0.15, 0.2) is 0 Å². The zero-order chi connectivity index (χ0) is 18.6. The molecule has 0 aliphatic heterocycles. The first-order valence-corrected chi connectivity index (χ1v) is 8.51. The molecule has 0 spiro atoms. The summed E-state index contributed by atoms with van der Waals surface area (Å²) in [5, 5.41) is 9.86. The number of carbonyl (C=O) groups is 1. The molecular weight excluding hydrogens is 317 g/mol. The van der Waals surface area contributed by atoms with Gasteiger partial charge in [-0.1, -0.05) is 24.3 Å². The summed E-state index contributed by atoms with van der Waals surface area (Å²) in [5.74, 6) is -0.369. The Balaban J connectivity index is 2.12. The average molecular weight is 343 g/mol. The summed E-state index contributed by atoms with van der Waals surface area (Å²) in [5.41, 5.74) is 1.80. The van der Waals surface area contributed by atoms with E-state index in [2.05, 4.69) is 0 Å². The number of halogens is 1. The van der Waals surface area contributed by atoms with Crippen LogP contribution in [0.1, 0.15) is 54.7 Å². The standard InChI is InChI=1S/C21H26FNO2/c1-15(17-8-10-19(22)11-9-17)23(4)20(24)18-7-5-6-16(14-18)12-13-21(2,3)25/h5-11,14-15,25H,12-13H2,1-4H3/t15-/m0/s1. The molecule has 2 rings (SSSR count). The fourth-order valence-electron chi connectivity index (χ4n) is 2.65. The number of aliphatic hydroxyl groups is 1. The second kappa shape index (κ2) is 7.79. The van der Waals surface area contributed by atoms with Crippen molar-refractivity contribution in [2.45, 2.75) is 45.3 Å². The Morgan fingerprint density at radius 3 is 2.44 bits per heavy atom. The molecule has 25 heavy (non-hydrogen) atoms. The van der Waals surface area contributed by atoms with Crippen molar-refractivity contribution in [3.63, 3.8) is 0 Å². The van der Waals surface area contributed by atoms with Gasteiger partial charge >= 0.3 is 0 Å². The van der Waals surface area contributed by atoms with Gasteiger partial charge in [-0.2, -0.15) is 0 Å². The fourth-order valence-corrected chi connectivity index (χ4v) is 2.65. The molecule has 0 saturated heterocycles. The summed E-state index contributed by atoms with van der Waals surface area (Å²) < 4.78 is 13.1. The van der Waals surface area contributed by atoms with Crippen LogP contribution in [-0.2, 0) is 6.42 Å². The number of benzene rings is 2. The first kappa shape index (κ1) is 19.1. The van der Waals surface area contributed by atoms with Gasteiger partial charge in [0.2, 0.25) is 0 Å². The SMILES string of the molecule is C[C@@H](c1ccc(F)cc1)N(C)C(=O)c1cccc(CCC(C)(C)O)c1. The quantitative estimate of drug-likeness (QED) is 0.846. The lowest BCUT2D eigenvalue weighted by molar-refractivity contribution is 0.0714. The summed E-state index contributed by atoms with van der Waals surface area (Å²) in [7, 11) is 1.75. The third-order valence-corrected chi connectivity index (χ3v) is 4.45. The highest BCUT2D eigenvalue weighted by atomic mass is 19.1. The first-order valence-electron chi connectivity index (χ1n) is 8.51. The van der Waals surface area contributed by atoms with E-state index in [1.807, 2.05) is 25.1 Å². The predicted octanol–water partition coefficient (Wildman–Crippen LogP) is 4.36. The number of carbonyl (C=O) groups excluding carboxylic acids is 1. The molecule has 0 aliphatic rings. The Morgan fingerprint density at radius 2 is 1.84 bits per heavy atom. The molecule has 0 fully saturated rings. The van der Waals surface area contributed by atoms with Gasteiger partial charge in [0.1, 0.15) is 5.82 Å². The lowest BCUT2D eigenvalue weighted by Gasteiger charge is -2.25. The molecule has 3 nitrogen and oxygen atoms in total. The third kappa shape index (κ3) is 5.40. The third-order valence-electron chi connectivity index (χ3n) is 4.45. The molecule has 0 radical (unpaired) electrons. The van der Waals surface area contributed by atoms with E-state index in [9.17, 15) is 14.3 Å². The number of aryl methyl sites for hydroxylation is 1. The highest BCUT2D eigenvalue weighted by Gasteiger charge is 2.19. The smallest absolute Gasteiger partial charge is 0.254 e. The molecule has 1 N–H and O–H groups in total. The number of hydrogen-bond acceptors (Lipinski definition) is 2. The van der Waals surface area contributed by atoms with E-state index in [0.717, 1.165) is 11.1 Å². The highest BCUT2D eigenvalue weighted by molar-refractivity contribution is 5.94. The number of amides is 1. The fraction of sp³-hybridized carbons (Fsp3) is 0.381. The van der Waals surface area contributed by atoms with Crippen LogP contribution in [0.3, 0.4) is 0 Å². The number of rotatable bonds is 6. The summed E-state index contributed by atoms with van der Waals surface area (Å²) >= 11 is 0. The zero-order valence-electron chi connectivity index (χ0n) is 15.3. The minimum absolute atomic E-state index is 0.0815. The van der Waals surface area contributed by atoms with Crippen LogP contribution in [0.15, 0.2) is 48.5 Å². The molecule has 1 amide bonds. The Hall–Kier alpha value is -2.20. The summed E-state index contributed by atoms with van der Waals surface area (Å²) in [6, 6.07) is 13.5. The van der Waals surface area contributed by atoms with Crippen molar-refractivity contribution in [2.75, 3.05) is 7.05 Å². The van der Waals surface area contributed by atoms with Crippen LogP contribution in [-0.4, -0.2) is 28.6 Å². The van der Waals surface area contributed by atoms with Gasteiger partial charge in [-0.05, 0) is 69.0 Å². The molecule has 0 aromatic heterocycles. The van der Waals surface area contributed by atoms with Crippen molar-refractivity contribution in [3.05, 3.63) is 71.0 Å². The molecule has 0 saturated carbocycles. The Kier molecular flexibility index (Phi) is 5.96. The van der Waals surface area contributed by atoms with E-state index in [0.29, 0.717) is 18.4 Å². The van der Waals surface area contributed by atoms with E-state index in [4.69, 9.17) is 0 Å². The molecule has 0 heterocycles. The maximum atomic E-state index is 13.1. The van der Waals surface area contributed by atoms with E-state index < -0.39 is 5.60 Å². The van der Waals surface area contributed by atoms with Crippen LogP contribution in [0.5, 0.6) is 0 Å². The van der Waals surface area contributed by atoms with Gasteiger partial charge in [0.25, 0.3) is 5.91 Å². The van der Waals surface area contributed by atoms with Crippen LogP contribution < -0.4 is 0 Å². The number of hydrogen-bond donors (Lipinski definition) is 1. The summed E-state index contributed by atoms with van der Waals surface area (Å²) in [4.78, 5) is 14.4. The van der Waals surface area contributed by atoms with Crippen molar-refractivity contribution in [2.24, 2.45) is 0 Å². The summed E-state index contributed by atoms with van der Waals surface area (Å²) in [6.45, 7) is 5.48. The molecule has 0 aliphatic carbocycles. The molecule has 2 aromatic rings. The van der Waals surface area contributed by atoms with E-state index >= 15 is 0 Å². The maximum Gasteiger partial charge on any atom is 0.254 e. The Labute approximate surface area is 149 Å². The van der Waals surface area contributed by atoms with Crippen LogP contribution in [0, 0.1) is 5.82 Å². The Bertz CT molecular complexity index is 719. The lowest BCUT2D eigenvalue weighted by Crippen LogP contribution is -2.29. The van der Waals surface area contributed by atoms with Crippen molar-refractivity contribution in [1.82, 2.24) is 4.90 Å². The van der Waals surface area contributed by atoms with Gasteiger partial charge in [-0.25, -0.2) is 4.39 Å². The van der Waals surface area contributed by atoms with Gasteiger partial charge in [-0.3, -0.25) is 4.79 Å². The lowest BCUT2D eigenvalue weighted by atomic mass is 9.97. The summed E-state index contributed by atoms with van der Waals surface area (Å²) in [6.07, 6.45) is 1.34. The molecule has 134 valence electrons.